The Kier molecular flexibility index (Phi) is 1.14. The van der Waals surface area contributed by atoms with E-state index in [1.165, 1.54) is 0 Å². The lowest BCUT2D eigenvalue weighted by Crippen LogP contribution is -2.28. The van der Waals surface area contributed by atoms with Crippen LogP contribution in [0, 0.1) is 17.8 Å². The van der Waals surface area contributed by atoms with Crippen LogP contribution in [0.4, 0.5) is 0 Å². The molecule has 0 aromatic heterocycles. The summed E-state index contributed by atoms with van der Waals surface area (Å²) in [6.45, 7) is 2.12. The van der Waals surface area contributed by atoms with E-state index in [2.05, 4.69) is 6.92 Å². The quantitative estimate of drug-likeness (QED) is 0.553. The van der Waals surface area contributed by atoms with E-state index in [4.69, 9.17) is 4.74 Å². The van der Waals surface area contributed by atoms with Crippen molar-refractivity contribution >= 4 is 9.84 Å². The minimum Gasteiger partial charge on any atom is -0.358 e. The lowest BCUT2D eigenvalue weighted by molar-refractivity contribution is 0.00457. The number of rotatable bonds is 0. The topological polar surface area (TPSA) is 43.4 Å². The first-order valence-electron chi connectivity index (χ1n) is 4.46. The summed E-state index contributed by atoms with van der Waals surface area (Å²) < 4.78 is 28.5. The van der Waals surface area contributed by atoms with Gasteiger partial charge in [-0.3, -0.25) is 0 Å². The maximum atomic E-state index is 11.5. The molecule has 5 atom stereocenters. The zero-order valence-electron chi connectivity index (χ0n) is 6.93. The molecule has 0 radical (unpaired) electrons. The van der Waals surface area contributed by atoms with Crippen molar-refractivity contribution in [2.75, 3.05) is 5.75 Å². The van der Waals surface area contributed by atoms with Gasteiger partial charge in [-0.2, -0.15) is 0 Å². The lowest BCUT2D eigenvalue weighted by atomic mass is 9.91. The van der Waals surface area contributed by atoms with Crippen molar-refractivity contribution in [1.29, 1.82) is 0 Å². The van der Waals surface area contributed by atoms with Crippen molar-refractivity contribution in [2.45, 2.75) is 24.9 Å². The van der Waals surface area contributed by atoms with E-state index in [9.17, 15) is 8.42 Å². The second-order valence-corrected chi connectivity index (χ2v) is 6.42. The Morgan fingerprint density at radius 1 is 1.33 bits per heavy atom. The van der Waals surface area contributed by atoms with E-state index in [0.717, 1.165) is 6.42 Å². The molecule has 0 spiro atoms. The number of hydrogen-bond acceptors (Lipinski definition) is 3. The third kappa shape index (κ3) is 0.646. The van der Waals surface area contributed by atoms with Crippen LogP contribution in [0.5, 0.6) is 0 Å². The van der Waals surface area contributed by atoms with Crippen molar-refractivity contribution in [2.24, 2.45) is 17.8 Å². The number of hydrogen-bond donors (Lipinski definition) is 0. The van der Waals surface area contributed by atoms with Gasteiger partial charge in [-0.05, 0) is 18.3 Å². The van der Waals surface area contributed by atoms with Gasteiger partial charge < -0.3 is 4.74 Å². The Bertz CT molecular complexity index is 321. The summed E-state index contributed by atoms with van der Waals surface area (Å²) in [5.74, 6) is 1.57. The highest BCUT2D eigenvalue weighted by molar-refractivity contribution is 7.92. The van der Waals surface area contributed by atoms with Gasteiger partial charge in [0.1, 0.15) is 0 Å². The number of ether oxygens (including phenoxy) is 1. The van der Waals surface area contributed by atoms with Crippen molar-refractivity contribution in [3.05, 3.63) is 0 Å². The molecule has 12 heavy (non-hydrogen) atoms. The predicted molar refractivity (Wildman–Crippen MR) is 43.2 cm³/mol. The first kappa shape index (κ1) is 7.33. The Balaban J connectivity index is 2.11. The largest absolute Gasteiger partial charge is 0.358 e. The molecule has 0 N–H and O–H groups in total. The molecule has 1 saturated carbocycles. The molecule has 1 aliphatic carbocycles. The van der Waals surface area contributed by atoms with Gasteiger partial charge in [0.05, 0.1) is 11.9 Å². The summed E-state index contributed by atoms with van der Waals surface area (Å²) in [6, 6.07) is 0. The second kappa shape index (κ2) is 1.87. The molecule has 0 aromatic rings. The predicted octanol–water partition coefficient (Wildman–Crippen LogP) is 0.412. The van der Waals surface area contributed by atoms with E-state index >= 15 is 0 Å². The van der Waals surface area contributed by atoms with Crippen LogP contribution in [0.2, 0.25) is 0 Å². The molecule has 3 rings (SSSR count). The lowest BCUT2D eigenvalue weighted by Gasteiger charge is -2.23. The zero-order valence-corrected chi connectivity index (χ0v) is 7.75. The van der Waals surface area contributed by atoms with Crippen LogP contribution in [-0.4, -0.2) is 25.7 Å². The first-order valence-corrected chi connectivity index (χ1v) is 6.18. The Labute approximate surface area is 72.0 Å². The van der Waals surface area contributed by atoms with Crippen LogP contribution >= 0.6 is 0 Å². The standard InChI is InChI=1S/C8H12O3S/c1-4-6-3-12(9,10)8-5(6)2-7(4)11-8/h4-8H,2-3H2,1H3. The average Bonchev–Trinajstić information content (AvgIpc) is 2.54. The molecule has 5 unspecified atom stereocenters. The fraction of sp³-hybridized carbons (Fsp3) is 1.00. The van der Waals surface area contributed by atoms with Gasteiger partial charge in [0.2, 0.25) is 0 Å². The van der Waals surface area contributed by atoms with E-state index in [0.29, 0.717) is 23.5 Å². The molecule has 2 bridgehead atoms. The summed E-state index contributed by atoms with van der Waals surface area (Å²) in [7, 11) is -2.89. The third-order valence-electron chi connectivity index (χ3n) is 3.75. The summed E-state index contributed by atoms with van der Waals surface area (Å²) in [5, 5.41) is 0. The number of fused-ring (bicyclic) bond motifs is 1. The van der Waals surface area contributed by atoms with Gasteiger partial charge in [-0.1, -0.05) is 6.92 Å². The maximum absolute atomic E-state index is 11.5. The highest BCUT2D eigenvalue weighted by atomic mass is 32.2. The number of sulfone groups is 1. The smallest absolute Gasteiger partial charge is 0.177 e. The zero-order chi connectivity index (χ0) is 8.51. The van der Waals surface area contributed by atoms with Crippen LogP contribution in [0.25, 0.3) is 0 Å². The molecule has 3 nitrogen and oxygen atoms in total. The molecule has 3 aliphatic rings. The summed E-state index contributed by atoms with van der Waals surface area (Å²) >= 11 is 0. The molecule has 2 saturated heterocycles. The Morgan fingerprint density at radius 2 is 2.08 bits per heavy atom. The van der Waals surface area contributed by atoms with E-state index < -0.39 is 15.3 Å². The van der Waals surface area contributed by atoms with Gasteiger partial charge >= 0.3 is 0 Å². The summed E-state index contributed by atoms with van der Waals surface area (Å²) in [4.78, 5) is 0. The van der Waals surface area contributed by atoms with E-state index in [1.54, 1.807) is 0 Å². The van der Waals surface area contributed by atoms with Gasteiger partial charge in [0.25, 0.3) is 0 Å². The van der Waals surface area contributed by atoms with Crippen molar-refractivity contribution in [3.8, 4) is 0 Å². The molecule has 0 amide bonds. The van der Waals surface area contributed by atoms with Crippen molar-refractivity contribution in [3.63, 3.8) is 0 Å². The van der Waals surface area contributed by atoms with Crippen molar-refractivity contribution < 1.29 is 13.2 Å². The monoisotopic (exact) mass is 188 g/mol. The molecular formula is C8H12O3S. The van der Waals surface area contributed by atoms with Crippen LogP contribution in [-0.2, 0) is 14.6 Å². The van der Waals surface area contributed by atoms with Crippen LogP contribution < -0.4 is 0 Å². The second-order valence-electron chi connectivity index (χ2n) is 4.29. The molecule has 4 heteroatoms. The molecule has 68 valence electrons. The maximum Gasteiger partial charge on any atom is 0.177 e. The third-order valence-corrected chi connectivity index (χ3v) is 5.77. The SMILES string of the molecule is CC1C2CC3C1CS(=O)(=O)C3O2. The van der Waals surface area contributed by atoms with E-state index in [1.807, 2.05) is 0 Å². The van der Waals surface area contributed by atoms with Gasteiger partial charge in [-0.25, -0.2) is 8.42 Å². The minimum absolute atomic E-state index is 0.238. The van der Waals surface area contributed by atoms with Gasteiger partial charge in [-0.15, -0.1) is 0 Å². The minimum atomic E-state index is -2.89. The van der Waals surface area contributed by atoms with Crippen LogP contribution in [0.1, 0.15) is 13.3 Å². The van der Waals surface area contributed by atoms with Gasteiger partial charge in [0, 0.05) is 5.92 Å². The fourth-order valence-electron chi connectivity index (χ4n) is 3.08. The Morgan fingerprint density at radius 3 is 2.67 bits per heavy atom. The molecule has 3 fully saturated rings. The molecule has 0 aromatic carbocycles. The molecular weight excluding hydrogens is 176 g/mol. The highest BCUT2D eigenvalue weighted by Gasteiger charge is 2.62. The molecule has 2 aliphatic heterocycles. The summed E-state index contributed by atoms with van der Waals surface area (Å²) in [6.07, 6.45) is 1.22. The fourth-order valence-corrected chi connectivity index (χ4v) is 5.51. The first-order chi connectivity index (χ1) is 5.59. The van der Waals surface area contributed by atoms with Crippen LogP contribution in [0.15, 0.2) is 0 Å². The highest BCUT2D eigenvalue weighted by Crippen LogP contribution is 2.54. The average molecular weight is 188 g/mol. The van der Waals surface area contributed by atoms with E-state index in [-0.39, 0.29) is 6.10 Å². The molecule has 2 heterocycles. The summed E-state index contributed by atoms with van der Waals surface area (Å²) in [5.41, 5.74) is -0.427. The van der Waals surface area contributed by atoms with Crippen LogP contribution in [0.3, 0.4) is 0 Å². The normalized spacial score (nSPS) is 59.6. The van der Waals surface area contributed by atoms with Gasteiger partial charge in [0.15, 0.2) is 15.3 Å². The Hall–Kier alpha value is -0.0900. The van der Waals surface area contributed by atoms with Crippen molar-refractivity contribution in [1.82, 2.24) is 0 Å².